The van der Waals surface area contributed by atoms with Gasteiger partial charge in [-0.1, -0.05) is 66.7 Å². The van der Waals surface area contributed by atoms with Crippen molar-refractivity contribution in [2.24, 2.45) is 0 Å². The van der Waals surface area contributed by atoms with Gasteiger partial charge in [0, 0.05) is 12.5 Å². The molecule has 1 saturated heterocycles. The second kappa shape index (κ2) is 16.2. The normalized spacial score (nSPS) is 17.7. The monoisotopic (exact) mass is 684 g/mol. The Balaban J connectivity index is 0.00000520. The van der Waals surface area contributed by atoms with Gasteiger partial charge in [0.05, 0.1) is 31.5 Å². The van der Waals surface area contributed by atoms with Gasteiger partial charge in [0.25, 0.3) is 0 Å². The molecular weight excluding hydrogens is 646 g/mol. The highest BCUT2D eigenvalue weighted by Gasteiger charge is 2.44. The molecule has 1 unspecified atom stereocenters. The standard InChI is InChI=1S/C35H38F2N4O6.ClH/c1-46-23-29-30(32(42)47-2)31(24-14-15-27(36)28(37)22-24)41(33(43)38-29)34(44)40(45)19-9-18-39-20-16-35(17-21-39,25-10-5-3-6-11-25)26-12-7-4-8-13-26;/h3-8,10-15,22,31,45H,9,16-21,23H2,1-2H3,(H,38,43);1H. The number of rotatable bonds is 10. The van der Waals surface area contributed by atoms with Gasteiger partial charge in [-0.25, -0.2) is 33.1 Å². The number of methoxy groups -OCH3 is 2. The van der Waals surface area contributed by atoms with Crippen molar-refractivity contribution in [2.75, 3.05) is 47.0 Å². The minimum atomic E-state index is -1.54. The molecular formula is C35H39ClF2N4O6. The van der Waals surface area contributed by atoms with Crippen LogP contribution >= 0.6 is 12.4 Å². The van der Waals surface area contributed by atoms with Crippen LogP contribution in [0.4, 0.5) is 18.4 Å². The number of nitrogens with zero attached hydrogens (tertiary/aromatic N) is 3. The largest absolute Gasteiger partial charge is 0.466 e. The predicted molar refractivity (Wildman–Crippen MR) is 175 cm³/mol. The molecule has 3 aromatic rings. The molecule has 3 aromatic carbocycles. The number of esters is 1. The lowest BCUT2D eigenvalue weighted by atomic mass is 9.68. The number of benzene rings is 3. The zero-order valence-corrected chi connectivity index (χ0v) is 27.6. The number of carbonyl (C=O) groups excluding carboxylic acids is 3. The summed E-state index contributed by atoms with van der Waals surface area (Å²) in [6, 6.07) is 20.0. The molecule has 13 heteroatoms. The third-order valence-electron chi connectivity index (χ3n) is 8.92. The van der Waals surface area contributed by atoms with Crippen molar-refractivity contribution in [2.45, 2.75) is 30.7 Å². The van der Waals surface area contributed by atoms with Gasteiger partial charge in [0.15, 0.2) is 11.6 Å². The van der Waals surface area contributed by atoms with Crippen LogP contribution in [0, 0.1) is 11.6 Å². The number of imide groups is 1. The lowest BCUT2D eigenvalue weighted by Crippen LogP contribution is -2.55. The van der Waals surface area contributed by atoms with E-state index in [-0.39, 0.29) is 47.8 Å². The summed E-state index contributed by atoms with van der Waals surface area (Å²) in [6.07, 6.45) is 2.16. The second-order valence-electron chi connectivity index (χ2n) is 11.6. The van der Waals surface area contributed by atoms with Crippen molar-refractivity contribution >= 4 is 30.4 Å². The first-order valence-corrected chi connectivity index (χ1v) is 15.4. The number of nitrogens with one attached hydrogen (secondary N) is 1. The van der Waals surface area contributed by atoms with Gasteiger partial charge < -0.3 is 19.7 Å². The fraction of sp³-hybridized carbons (Fsp3) is 0.343. The third kappa shape index (κ3) is 7.52. The van der Waals surface area contributed by atoms with Crippen molar-refractivity contribution in [3.8, 4) is 0 Å². The first-order chi connectivity index (χ1) is 22.7. The molecule has 48 heavy (non-hydrogen) atoms. The molecule has 4 amide bonds. The molecule has 10 nitrogen and oxygen atoms in total. The van der Waals surface area contributed by atoms with Crippen LogP contribution in [-0.2, 0) is 19.7 Å². The summed E-state index contributed by atoms with van der Waals surface area (Å²) in [4.78, 5) is 42.7. The summed E-state index contributed by atoms with van der Waals surface area (Å²) in [5, 5.41) is 13.7. The van der Waals surface area contributed by atoms with E-state index >= 15 is 0 Å². The Kier molecular flexibility index (Phi) is 12.3. The van der Waals surface area contributed by atoms with Crippen LogP contribution in [-0.4, -0.2) is 85.1 Å². The minimum Gasteiger partial charge on any atom is -0.466 e. The molecule has 0 aliphatic carbocycles. The zero-order valence-electron chi connectivity index (χ0n) is 26.7. The number of likely N-dealkylation sites (tertiary alicyclic amines) is 1. The lowest BCUT2D eigenvalue weighted by Gasteiger charge is -2.43. The molecule has 0 spiro atoms. The third-order valence-corrected chi connectivity index (χ3v) is 8.92. The number of halogens is 3. The Hall–Kier alpha value is -4.36. The van der Waals surface area contributed by atoms with E-state index < -0.39 is 35.7 Å². The van der Waals surface area contributed by atoms with Gasteiger partial charge in [-0.3, -0.25) is 5.21 Å². The average Bonchev–Trinajstić information content (AvgIpc) is 3.10. The molecule has 0 saturated carbocycles. The minimum absolute atomic E-state index is 0. The molecule has 256 valence electrons. The molecule has 0 bridgehead atoms. The molecule has 1 fully saturated rings. The van der Waals surface area contributed by atoms with Crippen LogP contribution in [0.1, 0.15) is 42.0 Å². The maximum atomic E-state index is 14.4. The highest BCUT2D eigenvalue weighted by Crippen LogP contribution is 2.42. The number of ether oxygens (including phenoxy) is 2. The van der Waals surface area contributed by atoms with Gasteiger partial charge in [-0.15, -0.1) is 12.4 Å². The number of hydrogen-bond donors (Lipinski definition) is 2. The first-order valence-electron chi connectivity index (χ1n) is 15.4. The van der Waals surface area contributed by atoms with Crippen LogP contribution in [0.3, 0.4) is 0 Å². The zero-order chi connectivity index (χ0) is 33.6. The SMILES string of the molecule is COCC1=C(C(=O)OC)C(c2ccc(F)c(F)c2)N(C(=O)N(O)CCCN2CCC(c3ccccc3)(c3ccccc3)CC2)C(=O)N1.Cl. The molecule has 1 atom stereocenters. The van der Waals surface area contributed by atoms with Gasteiger partial charge in [0.1, 0.15) is 6.04 Å². The maximum absolute atomic E-state index is 14.4. The number of hydrogen-bond acceptors (Lipinski definition) is 7. The Bertz CT molecular complexity index is 1580. The molecule has 2 heterocycles. The van der Waals surface area contributed by atoms with Crippen molar-refractivity contribution in [1.82, 2.24) is 20.2 Å². The van der Waals surface area contributed by atoms with Crippen LogP contribution in [0.25, 0.3) is 0 Å². The molecule has 0 radical (unpaired) electrons. The van der Waals surface area contributed by atoms with Crippen molar-refractivity contribution in [3.05, 3.63) is 118 Å². The molecule has 2 aliphatic rings. The van der Waals surface area contributed by atoms with E-state index in [9.17, 15) is 28.4 Å². The van der Waals surface area contributed by atoms with Crippen LogP contribution in [0.2, 0.25) is 0 Å². The van der Waals surface area contributed by atoms with Crippen molar-refractivity contribution in [3.63, 3.8) is 0 Å². The molecule has 2 N–H and O–H groups in total. The topological polar surface area (TPSA) is 112 Å². The highest BCUT2D eigenvalue weighted by molar-refractivity contribution is 6.01. The van der Waals surface area contributed by atoms with Gasteiger partial charge >= 0.3 is 18.0 Å². The van der Waals surface area contributed by atoms with E-state index in [1.54, 1.807) is 0 Å². The summed E-state index contributed by atoms with van der Waals surface area (Å²) in [5.74, 6) is -3.33. The summed E-state index contributed by atoms with van der Waals surface area (Å²) in [5.41, 5.74) is 2.09. The number of amides is 4. The fourth-order valence-electron chi connectivity index (χ4n) is 6.55. The van der Waals surface area contributed by atoms with E-state index in [1.165, 1.54) is 18.2 Å². The van der Waals surface area contributed by atoms with E-state index in [1.807, 2.05) is 12.1 Å². The molecule has 5 rings (SSSR count). The van der Waals surface area contributed by atoms with Gasteiger partial charge in [-0.2, -0.15) is 0 Å². The number of carbonyl (C=O) groups is 3. The Morgan fingerprint density at radius 3 is 2.10 bits per heavy atom. The summed E-state index contributed by atoms with van der Waals surface area (Å²) < 4.78 is 38.2. The van der Waals surface area contributed by atoms with Crippen LogP contribution in [0.5, 0.6) is 0 Å². The predicted octanol–water partition coefficient (Wildman–Crippen LogP) is 5.81. The van der Waals surface area contributed by atoms with Gasteiger partial charge in [-0.05, 0) is 67.7 Å². The Labute approximate surface area is 284 Å². The van der Waals surface area contributed by atoms with Crippen LogP contribution < -0.4 is 5.32 Å². The van der Waals surface area contributed by atoms with Crippen LogP contribution in [0.15, 0.2) is 90.1 Å². The molecule has 0 aromatic heterocycles. The highest BCUT2D eigenvalue weighted by atomic mass is 35.5. The van der Waals surface area contributed by atoms with Gasteiger partial charge in [0.2, 0.25) is 0 Å². The second-order valence-corrected chi connectivity index (χ2v) is 11.6. The fourth-order valence-corrected chi connectivity index (χ4v) is 6.55. The summed E-state index contributed by atoms with van der Waals surface area (Å²) in [7, 11) is 2.44. The smallest absolute Gasteiger partial charge is 0.352 e. The van der Waals surface area contributed by atoms with E-state index in [2.05, 4.69) is 58.7 Å². The van der Waals surface area contributed by atoms with Crippen molar-refractivity contribution in [1.29, 1.82) is 0 Å². The van der Waals surface area contributed by atoms with Crippen molar-refractivity contribution < 1.29 is 37.8 Å². The average molecular weight is 685 g/mol. The van der Waals surface area contributed by atoms with E-state index in [0.29, 0.717) is 22.9 Å². The quantitative estimate of drug-likeness (QED) is 0.158. The number of urea groups is 2. The number of piperidine rings is 1. The van der Waals surface area contributed by atoms with E-state index in [4.69, 9.17) is 9.47 Å². The summed E-state index contributed by atoms with van der Waals surface area (Å²) >= 11 is 0. The summed E-state index contributed by atoms with van der Waals surface area (Å²) in [6.45, 7) is 1.80. The molecule has 2 aliphatic heterocycles. The lowest BCUT2D eigenvalue weighted by molar-refractivity contribution is -0.137. The maximum Gasteiger partial charge on any atom is 0.352 e. The Morgan fingerprint density at radius 2 is 1.56 bits per heavy atom. The first kappa shape index (κ1) is 36.5. The van der Waals surface area contributed by atoms with E-state index in [0.717, 1.165) is 51.2 Å². The Morgan fingerprint density at radius 1 is 0.958 bits per heavy atom. The number of hydroxylamine groups is 2.